The summed E-state index contributed by atoms with van der Waals surface area (Å²) in [7, 11) is 1.83. The van der Waals surface area contributed by atoms with Gasteiger partial charge in [-0.1, -0.05) is 6.92 Å². The molecule has 0 aromatic heterocycles. The molecule has 0 aliphatic carbocycles. The van der Waals surface area contributed by atoms with E-state index in [4.69, 9.17) is 9.47 Å². The summed E-state index contributed by atoms with van der Waals surface area (Å²) in [6, 6.07) is 0. The van der Waals surface area contributed by atoms with Crippen LogP contribution >= 0.6 is 0 Å². The van der Waals surface area contributed by atoms with Gasteiger partial charge in [-0.2, -0.15) is 0 Å². The summed E-state index contributed by atoms with van der Waals surface area (Å²) in [5, 5.41) is 3.44. The summed E-state index contributed by atoms with van der Waals surface area (Å²) < 4.78 is 11.0. The number of hydrogen-bond acceptors (Lipinski definition) is 5. The number of rotatable bonds is 7. The maximum Gasteiger partial charge on any atom is 0.410 e. The van der Waals surface area contributed by atoms with Gasteiger partial charge in [0.2, 0.25) is 0 Å². The van der Waals surface area contributed by atoms with Crippen LogP contribution in [0.4, 0.5) is 4.79 Å². The van der Waals surface area contributed by atoms with Crippen molar-refractivity contribution in [1.82, 2.24) is 20.0 Å². The molecular weight excluding hydrogens is 370 g/mol. The number of guanidine groups is 1. The molecule has 2 aliphatic heterocycles. The van der Waals surface area contributed by atoms with Crippen LogP contribution in [-0.2, 0) is 9.47 Å². The molecule has 2 rings (SSSR count). The Morgan fingerprint density at radius 1 is 1.24 bits per heavy atom. The summed E-state index contributed by atoms with van der Waals surface area (Å²) in [6.07, 6.45) is 1.85. The van der Waals surface area contributed by atoms with Crippen LogP contribution in [0.5, 0.6) is 0 Å². The van der Waals surface area contributed by atoms with E-state index in [0.29, 0.717) is 25.6 Å². The Morgan fingerprint density at radius 3 is 2.59 bits per heavy atom. The zero-order chi connectivity index (χ0) is 21.3. The first-order chi connectivity index (χ1) is 13.8. The van der Waals surface area contributed by atoms with Crippen molar-refractivity contribution < 1.29 is 14.3 Å². The minimum Gasteiger partial charge on any atom is -0.444 e. The molecule has 1 amide bonds. The van der Waals surface area contributed by atoms with E-state index in [-0.39, 0.29) is 6.09 Å². The van der Waals surface area contributed by atoms with E-state index in [2.05, 4.69) is 27.0 Å². The maximum absolute atomic E-state index is 12.4. The molecule has 29 heavy (non-hydrogen) atoms. The van der Waals surface area contributed by atoms with Crippen molar-refractivity contribution in [2.24, 2.45) is 10.9 Å². The molecule has 0 saturated carbocycles. The van der Waals surface area contributed by atoms with E-state index in [1.165, 1.54) is 6.42 Å². The molecule has 1 N–H and O–H groups in total. The van der Waals surface area contributed by atoms with Crippen LogP contribution in [0.3, 0.4) is 0 Å². The molecular formula is C21H41N5O3. The highest BCUT2D eigenvalue weighted by molar-refractivity contribution is 5.80. The molecule has 0 aromatic carbocycles. The fourth-order valence-electron chi connectivity index (χ4n) is 3.85. The van der Waals surface area contributed by atoms with Crippen LogP contribution in [0.15, 0.2) is 4.99 Å². The van der Waals surface area contributed by atoms with Gasteiger partial charge in [0.15, 0.2) is 5.96 Å². The number of likely N-dealkylation sites (tertiary alicyclic amines) is 1. The average Bonchev–Trinajstić information content (AvgIpc) is 3.12. The number of carbonyl (C=O) groups is 1. The highest BCUT2D eigenvalue weighted by Crippen LogP contribution is 2.18. The summed E-state index contributed by atoms with van der Waals surface area (Å²) in [5.74, 6) is 1.60. The Bertz CT molecular complexity index is 529. The minimum absolute atomic E-state index is 0.247. The number of carbonyl (C=O) groups excluding carboxylic acids is 1. The standard InChI is InChI=1S/C21H41N5O3/c1-6-9-25(20(27)29-21(2,3)4)11-8-23-19(22-5)26-10-7-18(17-26)16-24-12-14-28-15-13-24/h18H,6-17H2,1-5H3,(H,22,23). The molecule has 0 radical (unpaired) electrons. The molecule has 0 bridgehead atoms. The van der Waals surface area contributed by atoms with Gasteiger partial charge in [0.05, 0.1) is 13.2 Å². The van der Waals surface area contributed by atoms with E-state index >= 15 is 0 Å². The largest absolute Gasteiger partial charge is 0.444 e. The molecule has 2 saturated heterocycles. The smallest absolute Gasteiger partial charge is 0.410 e. The molecule has 2 heterocycles. The summed E-state index contributed by atoms with van der Waals surface area (Å²) >= 11 is 0. The zero-order valence-electron chi connectivity index (χ0n) is 19.1. The van der Waals surface area contributed by atoms with Gasteiger partial charge in [0.1, 0.15) is 5.60 Å². The van der Waals surface area contributed by atoms with Crippen LogP contribution in [-0.4, -0.2) is 105 Å². The molecule has 168 valence electrons. The van der Waals surface area contributed by atoms with Gasteiger partial charge in [0, 0.05) is 59.4 Å². The van der Waals surface area contributed by atoms with Crippen LogP contribution in [0, 0.1) is 5.92 Å². The highest BCUT2D eigenvalue weighted by Gasteiger charge is 2.27. The molecule has 2 aliphatic rings. The summed E-state index contributed by atoms with van der Waals surface area (Å²) in [6.45, 7) is 16.7. The van der Waals surface area contributed by atoms with E-state index in [9.17, 15) is 4.79 Å². The average molecular weight is 412 g/mol. The molecule has 1 unspecified atom stereocenters. The third-order valence-corrected chi connectivity index (χ3v) is 5.23. The second-order valence-electron chi connectivity index (χ2n) is 8.96. The van der Waals surface area contributed by atoms with Crippen LogP contribution in [0.2, 0.25) is 0 Å². The van der Waals surface area contributed by atoms with Crippen LogP contribution < -0.4 is 5.32 Å². The zero-order valence-corrected chi connectivity index (χ0v) is 19.1. The molecule has 2 fully saturated rings. The Kier molecular flexibility index (Phi) is 9.49. The van der Waals surface area contributed by atoms with Crippen LogP contribution in [0.1, 0.15) is 40.5 Å². The number of morpholine rings is 1. The number of hydrogen-bond donors (Lipinski definition) is 1. The van der Waals surface area contributed by atoms with Gasteiger partial charge >= 0.3 is 6.09 Å². The lowest BCUT2D eigenvalue weighted by molar-refractivity contribution is 0.0253. The minimum atomic E-state index is -0.475. The van der Waals surface area contributed by atoms with Crippen molar-refractivity contribution in [3.63, 3.8) is 0 Å². The van der Waals surface area contributed by atoms with Gasteiger partial charge in [-0.3, -0.25) is 9.89 Å². The first-order valence-corrected chi connectivity index (χ1v) is 11.1. The maximum atomic E-state index is 12.4. The molecule has 0 spiro atoms. The van der Waals surface area contributed by atoms with Crippen LogP contribution in [0.25, 0.3) is 0 Å². The lowest BCUT2D eigenvalue weighted by atomic mass is 10.1. The fourth-order valence-corrected chi connectivity index (χ4v) is 3.85. The van der Waals surface area contributed by atoms with E-state index in [1.807, 2.05) is 27.8 Å². The van der Waals surface area contributed by atoms with E-state index in [0.717, 1.165) is 58.3 Å². The highest BCUT2D eigenvalue weighted by atomic mass is 16.6. The second kappa shape index (κ2) is 11.6. The summed E-state index contributed by atoms with van der Waals surface area (Å²) in [4.78, 5) is 23.5. The molecule has 1 atom stereocenters. The predicted octanol–water partition coefficient (Wildman–Crippen LogP) is 1.86. The first kappa shape index (κ1) is 23.7. The van der Waals surface area contributed by atoms with Crippen molar-refractivity contribution in [1.29, 1.82) is 0 Å². The van der Waals surface area contributed by atoms with Crippen molar-refractivity contribution in [3.8, 4) is 0 Å². The van der Waals surface area contributed by atoms with Crippen molar-refractivity contribution in [2.75, 3.05) is 72.6 Å². The van der Waals surface area contributed by atoms with Gasteiger partial charge < -0.3 is 24.6 Å². The number of ether oxygens (including phenoxy) is 2. The van der Waals surface area contributed by atoms with Gasteiger partial charge in [-0.05, 0) is 39.5 Å². The lowest BCUT2D eigenvalue weighted by Gasteiger charge is -2.29. The van der Waals surface area contributed by atoms with E-state index < -0.39 is 5.60 Å². The Balaban J connectivity index is 1.76. The molecule has 8 nitrogen and oxygen atoms in total. The van der Waals surface area contributed by atoms with Crippen molar-refractivity contribution >= 4 is 12.1 Å². The number of nitrogens with one attached hydrogen (secondary N) is 1. The predicted molar refractivity (Wildman–Crippen MR) is 116 cm³/mol. The molecule has 8 heteroatoms. The Hall–Kier alpha value is -1.54. The number of nitrogens with zero attached hydrogens (tertiary/aromatic N) is 4. The second-order valence-corrected chi connectivity index (χ2v) is 8.96. The van der Waals surface area contributed by atoms with Gasteiger partial charge in [-0.15, -0.1) is 0 Å². The normalized spacial score (nSPS) is 21.3. The Labute approximate surface area is 176 Å². The third kappa shape index (κ3) is 8.38. The quantitative estimate of drug-likeness (QED) is 0.509. The first-order valence-electron chi connectivity index (χ1n) is 11.1. The molecule has 0 aromatic rings. The number of aliphatic imine (C=N–C) groups is 1. The number of amides is 1. The summed E-state index contributed by atoms with van der Waals surface area (Å²) in [5.41, 5.74) is -0.475. The fraction of sp³-hybridized carbons (Fsp3) is 0.905. The van der Waals surface area contributed by atoms with Gasteiger partial charge in [-0.25, -0.2) is 4.79 Å². The third-order valence-electron chi connectivity index (χ3n) is 5.23. The topological polar surface area (TPSA) is 69.6 Å². The van der Waals surface area contributed by atoms with E-state index in [1.54, 1.807) is 4.90 Å². The SMILES string of the molecule is CCCN(CCNC(=NC)N1CCC(CN2CCOCC2)C1)C(=O)OC(C)(C)C. The lowest BCUT2D eigenvalue weighted by Crippen LogP contribution is -2.46. The monoisotopic (exact) mass is 411 g/mol. The van der Waals surface area contributed by atoms with Crippen molar-refractivity contribution in [2.45, 2.75) is 46.1 Å². The Morgan fingerprint density at radius 2 is 1.97 bits per heavy atom. The van der Waals surface area contributed by atoms with Gasteiger partial charge in [0.25, 0.3) is 0 Å². The van der Waals surface area contributed by atoms with Crippen molar-refractivity contribution in [3.05, 3.63) is 0 Å².